The molecule has 0 saturated carbocycles. The van der Waals surface area contributed by atoms with E-state index in [1.165, 1.54) is 96.3 Å². The third kappa shape index (κ3) is 36.0. The summed E-state index contributed by atoms with van der Waals surface area (Å²) in [5.74, 6) is 0.515. The van der Waals surface area contributed by atoms with Gasteiger partial charge < -0.3 is 28.4 Å². The smallest absolute Gasteiger partial charge is 0.0701 e. The van der Waals surface area contributed by atoms with E-state index in [0.717, 1.165) is 13.0 Å². The SMILES string of the molecule is CCCCCCCCCCCCCCCCCCOCCOCCOCCOCCOCCOCCCl. The first-order chi connectivity index (χ1) is 18.4. The number of hydrogen-bond donors (Lipinski definition) is 0. The lowest BCUT2D eigenvalue weighted by atomic mass is 10.0. The molecule has 7 heteroatoms. The largest absolute Gasteiger partial charge is 0.379 e. The van der Waals surface area contributed by atoms with Gasteiger partial charge in [-0.3, -0.25) is 0 Å². The summed E-state index contributed by atoms with van der Waals surface area (Å²) in [6.45, 7) is 9.56. The van der Waals surface area contributed by atoms with Crippen LogP contribution in [0.4, 0.5) is 0 Å². The summed E-state index contributed by atoms with van der Waals surface area (Å²) in [6, 6.07) is 0. The Morgan fingerprint density at radius 2 is 0.541 bits per heavy atom. The Morgan fingerprint density at radius 1 is 0.297 bits per heavy atom. The fourth-order valence-electron chi connectivity index (χ4n) is 4.01. The van der Waals surface area contributed by atoms with Gasteiger partial charge in [0.25, 0.3) is 0 Å². The molecular formula is C30H61ClO6. The zero-order valence-electron chi connectivity index (χ0n) is 24.3. The summed E-state index contributed by atoms with van der Waals surface area (Å²) < 4.78 is 32.7. The van der Waals surface area contributed by atoms with Crippen LogP contribution in [0.2, 0.25) is 0 Å². The average Bonchev–Trinajstić information content (AvgIpc) is 2.91. The Hall–Kier alpha value is 0.0500. The van der Waals surface area contributed by atoms with Crippen LogP contribution in [0.3, 0.4) is 0 Å². The van der Waals surface area contributed by atoms with Crippen LogP contribution in [0.15, 0.2) is 0 Å². The van der Waals surface area contributed by atoms with Gasteiger partial charge in [-0.15, -0.1) is 11.6 Å². The van der Waals surface area contributed by atoms with Crippen molar-refractivity contribution in [2.45, 2.75) is 110 Å². The number of halogens is 1. The van der Waals surface area contributed by atoms with Gasteiger partial charge in [-0.25, -0.2) is 0 Å². The maximum Gasteiger partial charge on any atom is 0.0701 e. The molecule has 0 bridgehead atoms. The molecule has 0 unspecified atom stereocenters. The molecule has 0 spiro atoms. The Kier molecular flexibility index (Phi) is 36.1. The fraction of sp³-hybridized carbons (Fsp3) is 1.00. The predicted molar refractivity (Wildman–Crippen MR) is 155 cm³/mol. The summed E-state index contributed by atoms with van der Waals surface area (Å²) in [6.07, 6.45) is 22.3. The van der Waals surface area contributed by atoms with Crippen molar-refractivity contribution in [3.63, 3.8) is 0 Å². The predicted octanol–water partition coefficient (Wildman–Crippen LogP) is 7.59. The van der Waals surface area contributed by atoms with E-state index in [2.05, 4.69) is 6.92 Å². The molecule has 0 radical (unpaired) electrons. The van der Waals surface area contributed by atoms with Crippen LogP contribution in [0.1, 0.15) is 110 Å². The zero-order valence-corrected chi connectivity index (χ0v) is 25.1. The molecule has 0 saturated heterocycles. The van der Waals surface area contributed by atoms with Crippen molar-refractivity contribution in [2.75, 3.05) is 85.2 Å². The highest BCUT2D eigenvalue weighted by Crippen LogP contribution is 2.13. The van der Waals surface area contributed by atoms with E-state index in [1.807, 2.05) is 0 Å². The van der Waals surface area contributed by atoms with Crippen LogP contribution in [-0.2, 0) is 28.4 Å². The highest BCUT2D eigenvalue weighted by Gasteiger charge is 1.96. The van der Waals surface area contributed by atoms with Gasteiger partial charge in [-0.2, -0.15) is 0 Å². The lowest BCUT2D eigenvalue weighted by molar-refractivity contribution is -0.0162. The maximum atomic E-state index is 5.66. The quantitative estimate of drug-likeness (QED) is 0.0605. The summed E-state index contributed by atoms with van der Waals surface area (Å²) in [5.41, 5.74) is 0. The van der Waals surface area contributed by atoms with Crippen molar-refractivity contribution in [1.82, 2.24) is 0 Å². The molecular weight excluding hydrogens is 492 g/mol. The maximum absolute atomic E-state index is 5.66. The topological polar surface area (TPSA) is 55.4 Å². The summed E-state index contributed by atoms with van der Waals surface area (Å²) in [4.78, 5) is 0. The van der Waals surface area contributed by atoms with E-state index in [1.54, 1.807) is 0 Å². The first-order valence-electron chi connectivity index (χ1n) is 15.4. The van der Waals surface area contributed by atoms with Crippen LogP contribution >= 0.6 is 11.6 Å². The minimum atomic E-state index is 0.515. The molecule has 37 heavy (non-hydrogen) atoms. The highest BCUT2D eigenvalue weighted by molar-refractivity contribution is 6.17. The second kappa shape index (κ2) is 36.0. The third-order valence-electron chi connectivity index (χ3n) is 6.22. The zero-order chi connectivity index (χ0) is 26.7. The van der Waals surface area contributed by atoms with Crippen LogP contribution < -0.4 is 0 Å². The van der Waals surface area contributed by atoms with Gasteiger partial charge in [0.15, 0.2) is 0 Å². The molecule has 224 valence electrons. The second-order valence-corrected chi connectivity index (χ2v) is 10.0. The van der Waals surface area contributed by atoms with E-state index in [9.17, 15) is 0 Å². The summed E-state index contributed by atoms with van der Waals surface area (Å²) >= 11 is 5.51. The molecule has 0 fully saturated rings. The molecule has 0 aromatic rings. The third-order valence-corrected chi connectivity index (χ3v) is 6.38. The van der Waals surface area contributed by atoms with Crippen LogP contribution in [-0.4, -0.2) is 85.2 Å². The first-order valence-corrected chi connectivity index (χ1v) is 16.0. The highest BCUT2D eigenvalue weighted by atomic mass is 35.5. The number of rotatable bonds is 34. The average molecular weight is 553 g/mol. The number of unbranched alkanes of at least 4 members (excludes halogenated alkanes) is 15. The van der Waals surface area contributed by atoms with E-state index < -0.39 is 0 Å². The molecule has 0 aromatic carbocycles. The Bertz CT molecular complexity index is 355. The number of hydrogen-bond acceptors (Lipinski definition) is 6. The van der Waals surface area contributed by atoms with E-state index >= 15 is 0 Å². The van der Waals surface area contributed by atoms with E-state index in [4.69, 9.17) is 40.0 Å². The molecule has 0 aliphatic carbocycles. The van der Waals surface area contributed by atoms with Gasteiger partial charge in [0.1, 0.15) is 0 Å². The van der Waals surface area contributed by atoms with Gasteiger partial charge in [0.05, 0.1) is 72.7 Å². The number of ether oxygens (including phenoxy) is 6. The van der Waals surface area contributed by atoms with Crippen molar-refractivity contribution < 1.29 is 28.4 Å². The molecule has 0 N–H and O–H groups in total. The molecule has 0 amide bonds. The van der Waals surface area contributed by atoms with Gasteiger partial charge in [0, 0.05) is 12.5 Å². The number of alkyl halides is 1. The van der Waals surface area contributed by atoms with E-state index in [-0.39, 0.29) is 0 Å². The second-order valence-electron chi connectivity index (χ2n) is 9.67. The van der Waals surface area contributed by atoms with E-state index in [0.29, 0.717) is 78.6 Å². The molecule has 0 heterocycles. The molecule has 6 nitrogen and oxygen atoms in total. The molecule has 0 aliphatic heterocycles. The Morgan fingerprint density at radius 3 is 0.838 bits per heavy atom. The normalized spacial score (nSPS) is 11.5. The van der Waals surface area contributed by atoms with Crippen molar-refractivity contribution >= 4 is 11.6 Å². The van der Waals surface area contributed by atoms with Gasteiger partial charge in [-0.05, 0) is 6.42 Å². The molecule has 0 rings (SSSR count). The van der Waals surface area contributed by atoms with Gasteiger partial charge >= 0.3 is 0 Å². The standard InChI is InChI=1S/C30H61ClO6/c1-2-3-4-5-6-7-8-9-10-11-12-13-14-15-16-17-19-32-21-23-34-25-27-36-29-30-37-28-26-35-24-22-33-20-18-31/h2-30H2,1H3. The summed E-state index contributed by atoms with van der Waals surface area (Å²) in [7, 11) is 0. The lowest BCUT2D eigenvalue weighted by Crippen LogP contribution is -2.14. The summed E-state index contributed by atoms with van der Waals surface area (Å²) in [5, 5.41) is 0. The Labute approximate surface area is 234 Å². The first kappa shape index (κ1) is 37.0. The Balaban J connectivity index is 3.00. The van der Waals surface area contributed by atoms with Crippen LogP contribution in [0, 0.1) is 0 Å². The fourth-order valence-corrected chi connectivity index (χ4v) is 4.12. The minimum absolute atomic E-state index is 0.515. The van der Waals surface area contributed by atoms with Crippen LogP contribution in [0.25, 0.3) is 0 Å². The van der Waals surface area contributed by atoms with Crippen molar-refractivity contribution in [1.29, 1.82) is 0 Å². The molecule has 0 atom stereocenters. The van der Waals surface area contributed by atoms with Gasteiger partial charge in [-0.1, -0.05) is 103 Å². The van der Waals surface area contributed by atoms with Crippen molar-refractivity contribution in [3.05, 3.63) is 0 Å². The van der Waals surface area contributed by atoms with Crippen molar-refractivity contribution in [3.8, 4) is 0 Å². The molecule has 0 aromatic heterocycles. The van der Waals surface area contributed by atoms with Gasteiger partial charge in [0.2, 0.25) is 0 Å². The van der Waals surface area contributed by atoms with Crippen molar-refractivity contribution in [2.24, 2.45) is 0 Å². The van der Waals surface area contributed by atoms with Crippen LogP contribution in [0.5, 0.6) is 0 Å². The monoisotopic (exact) mass is 552 g/mol. The lowest BCUT2D eigenvalue weighted by Gasteiger charge is -2.08. The molecule has 0 aliphatic rings. The minimum Gasteiger partial charge on any atom is -0.379 e.